The van der Waals surface area contributed by atoms with Crippen LogP contribution in [0.5, 0.6) is 0 Å². The fraction of sp³-hybridized carbons (Fsp3) is 1.00. The van der Waals surface area contributed by atoms with Crippen LogP contribution in [0.2, 0.25) is 0 Å². The number of aliphatic hydroxyl groups is 4. The van der Waals surface area contributed by atoms with Crippen molar-refractivity contribution >= 4 is 0 Å². The first kappa shape index (κ1) is 36.6. The molecule has 1 heterocycles. The van der Waals surface area contributed by atoms with Crippen molar-refractivity contribution in [2.75, 3.05) is 13.2 Å². The molecule has 0 bridgehead atoms. The molecule has 0 aromatic carbocycles. The lowest BCUT2D eigenvalue weighted by molar-refractivity contribution is -0.461. The standard InChI is InChI=1S/C17H17F17O6/c18-10(19,2-1-3-39-9-8(38)7(37)6(36)5(4-35)40-9)11(20,21)12(22,23)13(24,25)14(26,27)15(28,29)16(30,31)17(32,33)34/h5-9,35-38H,1-4H2/t5-,6-,7+,8-,9-/m1/s1. The van der Waals surface area contributed by atoms with Crippen LogP contribution in [-0.4, -0.2) is 112 Å². The van der Waals surface area contributed by atoms with E-state index in [1.165, 1.54) is 0 Å². The minimum Gasteiger partial charge on any atom is -0.394 e. The van der Waals surface area contributed by atoms with E-state index in [0.717, 1.165) is 0 Å². The number of ether oxygens (including phenoxy) is 2. The fourth-order valence-electron chi connectivity index (χ4n) is 3.05. The number of alkyl halides is 17. The van der Waals surface area contributed by atoms with Crippen LogP contribution in [0.15, 0.2) is 0 Å². The van der Waals surface area contributed by atoms with Gasteiger partial charge in [0.25, 0.3) is 0 Å². The van der Waals surface area contributed by atoms with Gasteiger partial charge in [0, 0.05) is 6.42 Å². The van der Waals surface area contributed by atoms with Crippen molar-refractivity contribution in [3.8, 4) is 0 Å². The smallest absolute Gasteiger partial charge is 0.394 e. The molecule has 240 valence electrons. The first-order valence-corrected chi connectivity index (χ1v) is 10.1. The van der Waals surface area contributed by atoms with E-state index >= 15 is 0 Å². The SMILES string of the molecule is OC[C@H]1O[C@@H](OCCCC(F)(F)C(F)(F)C(F)(F)C(F)(F)C(F)(F)C(F)(F)C(F)(F)C(F)(F)F)[C@H](O)[C@@H](O)[C@@H]1O. The van der Waals surface area contributed by atoms with Gasteiger partial charge in [0.1, 0.15) is 24.4 Å². The summed E-state index contributed by atoms with van der Waals surface area (Å²) in [4.78, 5) is 0. The highest BCUT2D eigenvalue weighted by molar-refractivity contribution is 5.15. The maximum absolute atomic E-state index is 13.8. The van der Waals surface area contributed by atoms with E-state index in [4.69, 9.17) is 5.11 Å². The molecule has 0 amide bonds. The molecule has 0 radical (unpaired) electrons. The minimum absolute atomic E-state index is 1.06. The summed E-state index contributed by atoms with van der Waals surface area (Å²) in [7, 11) is 0. The number of aliphatic hydroxyl groups excluding tert-OH is 4. The number of hydrogen-bond acceptors (Lipinski definition) is 6. The lowest BCUT2D eigenvalue weighted by Gasteiger charge is -2.43. The summed E-state index contributed by atoms with van der Waals surface area (Å²) < 4.78 is 234. The second-order valence-electron chi connectivity index (χ2n) is 8.32. The first-order valence-electron chi connectivity index (χ1n) is 10.1. The summed E-state index contributed by atoms with van der Waals surface area (Å²) in [6, 6.07) is 0. The van der Waals surface area contributed by atoms with Crippen molar-refractivity contribution < 1.29 is 105 Å². The Labute approximate surface area is 210 Å². The molecular formula is C17H17F17O6. The molecule has 1 aliphatic rings. The molecule has 1 fully saturated rings. The molecule has 1 rings (SSSR count). The van der Waals surface area contributed by atoms with Crippen LogP contribution in [-0.2, 0) is 9.47 Å². The fourth-order valence-corrected chi connectivity index (χ4v) is 3.05. The molecule has 6 nitrogen and oxygen atoms in total. The number of halogens is 17. The molecule has 1 aliphatic heterocycles. The molecule has 40 heavy (non-hydrogen) atoms. The highest BCUT2D eigenvalue weighted by atomic mass is 19.4. The van der Waals surface area contributed by atoms with Gasteiger partial charge in [0.05, 0.1) is 13.2 Å². The van der Waals surface area contributed by atoms with Crippen LogP contribution in [0.25, 0.3) is 0 Å². The monoisotopic (exact) mass is 640 g/mol. The van der Waals surface area contributed by atoms with E-state index in [1.54, 1.807) is 0 Å². The molecule has 23 heteroatoms. The molecule has 4 N–H and O–H groups in total. The van der Waals surface area contributed by atoms with E-state index in [1.807, 2.05) is 0 Å². The molecule has 1 saturated heterocycles. The molecule has 5 atom stereocenters. The quantitative estimate of drug-likeness (QED) is 0.193. The summed E-state index contributed by atoms with van der Waals surface area (Å²) in [5, 5.41) is 37.5. The van der Waals surface area contributed by atoms with Crippen molar-refractivity contribution in [2.24, 2.45) is 0 Å². The molecule has 0 aromatic heterocycles. The number of hydrogen-bond donors (Lipinski definition) is 4. The lowest BCUT2D eigenvalue weighted by atomic mass is 9.88. The van der Waals surface area contributed by atoms with Crippen molar-refractivity contribution in [1.29, 1.82) is 0 Å². The van der Waals surface area contributed by atoms with Gasteiger partial charge in [-0.3, -0.25) is 0 Å². The normalized spacial score (nSPS) is 26.8. The zero-order valence-corrected chi connectivity index (χ0v) is 18.7. The van der Waals surface area contributed by atoms with Gasteiger partial charge in [0.2, 0.25) is 0 Å². The van der Waals surface area contributed by atoms with Gasteiger partial charge in [-0.05, 0) is 6.42 Å². The second kappa shape index (κ2) is 11.0. The largest absolute Gasteiger partial charge is 0.460 e. The van der Waals surface area contributed by atoms with E-state index in [2.05, 4.69) is 9.47 Å². The third kappa shape index (κ3) is 5.52. The molecule has 0 unspecified atom stereocenters. The van der Waals surface area contributed by atoms with Crippen LogP contribution in [0.4, 0.5) is 74.6 Å². The Morgan fingerprint density at radius 1 is 0.550 bits per heavy atom. The number of rotatable bonds is 12. The molecule has 0 aliphatic carbocycles. The van der Waals surface area contributed by atoms with Crippen LogP contribution in [0, 0.1) is 0 Å². The summed E-state index contributed by atoms with van der Waals surface area (Å²) in [5.74, 6) is -57.0. The Morgan fingerprint density at radius 3 is 1.35 bits per heavy atom. The molecule has 0 saturated carbocycles. The van der Waals surface area contributed by atoms with Gasteiger partial charge in [-0.15, -0.1) is 0 Å². The Hall–Kier alpha value is -1.43. The third-order valence-electron chi connectivity index (χ3n) is 5.55. The predicted molar refractivity (Wildman–Crippen MR) is 89.6 cm³/mol. The minimum atomic E-state index is -8.71. The van der Waals surface area contributed by atoms with Crippen molar-refractivity contribution in [3.63, 3.8) is 0 Å². The van der Waals surface area contributed by atoms with Gasteiger partial charge in [0.15, 0.2) is 6.29 Å². The summed E-state index contributed by atoms with van der Waals surface area (Å²) >= 11 is 0. The van der Waals surface area contributed by atoms with E-state index in [9.17, 15) is 90.0 Å². The maximum atomic E-state index is 13.8. The first-order chi connectivity index (χ1) is 17.5. The topological polar surface area (TPSA) is 99.4 Å². The van der Waals surface area contributed by atoms with Gasteiger partial charge in [-0.2, -0.15) is 74.6 Å². The van der Waals surface area contributed by atoms with E-state index in [-0.39, 0.29) is 0 Å². The molecule has 0 aromatic rings. The van der Waals surface area contributed by atoms with Gasteiger partial charge in [-0.1, -0.05) is 0 Å². The van der Waals surface area contributed by atoms with Crippen molar-refractivity contribution in [2.45, 2.75) is 91.2 Å². The Morgan fingerprint density at radius 2 is 0.950 bits per heavy atom. The average Bonchev–Trinajstić information content (AvgIpc) is 2.79. The van der Waals surface area contributed by atoms with Crippen molar-refractivity contribution in [3.05, 3.63) is 0 Å². The van der Waals surface area contributed by atoms with Crippen LogP contribution in [0.1, 0.15) is 12.8 Å². The van der Waals surface area contributed by atoms with Crippen molar-refractivity contribution in [1.82, 2.24) is 0 Å². The second-order valence-corrected chi connectivity index (χ2v) is 8.32. The maximum Gasteiger partial charge on any atom is 0.460 e. The Kier molecular flexibility index (Phi) is 10.1. The predicted octanol–water partition coefficient (Wildman–Crippen LogP) is 3.59. The molecular weight excluding hydrogens is 623 g/mol. The van der Waals surface area contributed by atoms with E-state index in [0.29, 0.717) is 0 Å². The van der Waals surface area contributed by atoms with Crippen LogP contribution >= 0.6 is 0 Å². The van der Waals surface area contributed by atoms with Gasteiger partial charge < -0.3 is 29.9 Å². The summed E-state index contributed by atoms with van der Waals surface area (Å²) in [5.41, 5.74) is 0. The zero-order valence-electron chi connectivity index (χ0n) is 18.7. The highest BCUT2D eigenvalue weighted by Crippen LogP contribution is 2.64. The van der Waals surface area contributed by atoms with Crippen LogP contribution in [0.3, 0.4) is 0 Å². The Balaban J connectivity index is 3.16. The third-order valence-corrected chi connectivity index (χ3v) is 5.55. The zero-order chi connectivity index (χ0) is 32.1. The molecule has 0 spiro atoms. The Bertz CT molecular complexity index is 862. The van der Waals surface area contributed by atoms with Crippen LogP contribution < -0.4 is 0 Å². The van der Waals surface area contributed by atoms with E-state index < -0.39 is 104 Å². The lowest BCUT2D eigenvalue weighted by Crippen LogP contribution is -2.74. The highest BCUT2D eigenvalue weighted by Gasteiger charge is 2.95. The summed E-state index contributed by atoms with van der Waals surface area (Å²) in [6.07, 6.45) is -22.4. The van der Waals surface area contributed by atoms with Gasteiger partial charge >= 0.3 is 47.6 Å². The van der Waals surface area contributed by atoms with Gasteiger partial charge in [-0.25, -0.2) is 0 Å². The summed E-state index contributed by atoms with van der Waals surface area (Å²) in [6.45, 7) is -2.46. The average molecular weight is 640 g/mol.